The Morgan fingerprint density at radius 3 is 1.28 bits per heavy atom. The zero-order valence-electron chi connectivity index (χ0n) is 35.8. The summed E-state index contributed by atoms with van der Waals surface area (Å²) >= 11 is 0. The quantitative estimate of drug-likeness (QED) is 0.0383. The van der Waals surface area contributed by atoms with Crippen LogP contribution in [0.15, 0.2) is 36.5 Å². The maximum Gasteiger partial charge on any atom is 0.306 e. The molecule has 0 aliphatic heterocycles. The van der Waals surface area contributed by atoms with Gasteiger partial charge in [-0.25, -0.2) is 0 Å². The van der Waals surface area contributed by atoms with Crippen LogP contribution in [0.2, 0.25) is 0 Å². The minimum Gasteiger partial charge on any atom is -0.457 e. The summed E-state index contributed by atoms with van der Waals surface area (Å²) in [7, 11) is 0. The van der Waals surface area contributed by atoms with Crippen molar-refractivity contribution >= 4 is 5.97 Å². The minimum absolute atomic E-state index is 0.173. The second kappa shape index (κ2) is 46.8. The van der Waals surface area contributed by atoms with Crippen molar-refractivity contribution in [2.75, 3.05) is 19.8 Å². The predicted octanol–water partition coefficient (Wildman–Crippen LogP) is 15.7. The third kappa shape index (κ3) is 44.9. The number of unbranched alkanes of at least 4 members (excludes halogenated alkanes) is 30. The van der Waals surface area contributed by atoms with Crippen LogP contribution < -0.4 is 0 Å². The Labute approximate surface area is 331 Å². The standard InChI is InChI=1S/C49H92O4/c1-3-5-7-9-11-13-15-17-19-21-22-23-24-25-26-27-29-31-33-35-37-39-41-43-45-52-47-48(46-50)53-49(51)44-42-40-38-36-34-32-30-28-20-18-16-14-12-10-8-6-4-2/h6,8,12,14,18,20,48,50H,3-5,7,9-11,13,15-17,19,21-47H2,1-2H3/b8-6-,14-12-,20-18-. The molecule has 0 aromatic heterocycles. The maximum atomic E-state index is 12.2. The molecule has 0 aliphatic rings. The van der Waals surface area contributed by atoms with E-state index >= 15 is 0 Å². The molecule has 312 valence electrons. The molecule has 0 amide bonds. The van der Waals surface area contributed by atoms with E-state index in [4.69, 9.17) is 9.47 Å². The third-order valence-corrected chi connectivity index (χ3v) is 10.5. The van der Waals surface area contributed by atoms with Crippen molar-refractivity contribution in [1.29, 1.82) is 0 Å². The summed E-state index contributed by atoms with van der Waals surface area (Å²) in [6, 6.07) is 0. The SMILES string of the molecule is CC/C=C\C/C=C\C/C=C\CCCCCCCCCC(=O)OC(CO)COCCCCCCCCCCCCCCCCCCCCCCCCCC. The summed E-state index contributed by atoms with van der Waals surface area (Å²) in [4.78, 5) is 12.2. The number of allylic oxidation sites excluding steroid dienone is 6. The van der Waals surface area contributed by atoms with E-state index in [2.05, 4.69) is 50.3 Å². The molecule has 4 heteroatoms. The van der Waals surface area contributed by atoms with Crippen LogP contribution in [0.1, 0.15) is 245 Å². The lowest BCUT2D eigenvalue weighted by Crippen LogP contribution is -2.27. The Morgan fingerprint density at radius 2 is 0.849 bits per heavy atom. The molecule has 1 atom stereocenters. The van der Waals surface area contributed by atoms with Gasteiger partial charge in [0.15, 0.2) is 0 Å². The van der Waals surface area contributed by atoms with E-state index in [0.717, 1.165) is 38.5 Å². The first-order chi connectivity index (χ1) is 26.2. The summed E-state index contributed by atoms with van der Waals surface area (Å²) in [5.41, 5.74) is 0. The van der Waals surface area contributed by atoms with Crippen molar-refractivity contribution in [3.05, 3.63) is 36.5 Å². The van der Waals surface area contributed by atoms with Crippen LogP contribution in [0.4, 0.5) is 0 Å². The molecule has 53 heavy (non-hydrogen) atoms. The molecule has 0 aromatic carbocycles. The summed E-state index contributed by atoms with van der Waals surface area (Å²) in [6.45, 7) is 5.26. The third-order valence-electron chi connectivity index (χ3n) is 10.5. The van der Waals surface area contributed by atoms with Crippen LogP contribution in [0.25, 0.3) is 0 Å². The van der Waals surface area contributed by atoms with Gasteiger partial charge in [-0.3, -0.25) is 4.79 Å². The maximum absolute atomic E-state index is 12.2. The molecule has 0 rings (SSSR count). The highest BCUT2D eigenvalue weighted by Crippen LogP contribution is 2.16. The lowest BCUT2D eigenvalue weighted by atomic mass is 10.0. The van der Waals surface area contributed by atoms with Crippen molar-refractivity contribution in [2.24, 2.45) is 0 Å². The van der Waals surface area contributed by atoms with Crippen molar-refractivity contribution in [3.63, 3.8) is 0 Å². The summed E-state index contributed by atoms with van der Waals surface area (Å²) < 4.78 is 11.2. The number of hydrogen-bond acceptors (Lipinski definition) is 4. The fourth-order valence-corrected chi connectivity index (χ4v) is 6.99. The zero-order valence-corrected chi connectivity index (χ0v) is 35.8. The number of aliphatic hydroxyl groups excluding tert-OH is 1. The topological polar surface area (TPSA) is 55.8 Å². The Hall–Kier alpha value is -1.39. The molecule has 0 fully saturated rings. The summed E-state index contributed by atoms with van der Waals surface area (Å²) in [5, 5.41) is 9.62. The van der Waals surface area contributed by atoms with Gasteiger partial charge < -0.3 is 14.6 Å². The first-order valence-electron chi connectivity index (χ1n) is 23.6. The molecule has 0 saturated carbocycles. The molecule has 1 unspecified atom stereocenters. The molecule has 0 radical (unpaired) electrons. The molecule has 0 heterocycles. The van der Waals surface area contributed by atoms with Crippen molar-refractivity contribution in [1.82, 2.24) is 0 Å². The van der Waals surface area contributed by atoms with Gasteiger partial charge in [-0.15, -0.1) is 0 Å². The van der Waals surface area contributed by atoms with E-state index < -0.39 is 6.10 Å². The zero-order chi connectivity index (χ0) is 38.4. The Kier molecular flexibility index (Phi) is 45.5. The number of aliphatic hydroxyl groups is 1. The Bertz CT molecular complexity index is 787. The lowest BCUT2D eigenvalue weighted by molar-refractivity contribution is -0.154. The van der Waals surface area contributed by atoms with Crippen LogP contribution in [-0.2, 0) is 14.3 Å². The van der Waals surface area contributed by atoms with Crippen LogP contribution in [0.5, 0.6) is 0 Å². The van der Waals surface area contributed by atoms with Gasteiger partial charge in [0.25, 0.3) is 0 Å². The number of carbonyl (C=O) groups is 1. The number of hydrogen-bond donors (Lipinski definition) is 1. The average molecular weight is 745 g/mol. The van der Waals surface area contributed by atoms with Gasteiger partial charge in [0, 0.05) is 13.0 Å². The highest BCUT2D eigenvalue weighted by molar-refractivity contribution is 5.69. The Balaban J connectivity index is 3.37. The summed E-state index contributed by atoms with van der Waals surface area (Å²) in [6.07, 6.45) is 59.4. The molecular weight excluding hydrogens is 653 g/mol. The average Bonchev–Trinajstić information content (AvgIpc) is 3.16. The molecule has 0 aromatic rings. The van der Waals surface area contributed by atoms with E-state index in [1.54, 1.807) is 0 Å². The molecule has 4 nitrogen and oxygen atoms in total. The fourth-order valence-electron chi connectivity index (χ4n) is 6.99. The normalized spacial score (nSPS) is 12.6. The van der Waals surface area contributed by atoms with Gasteiger partial charge in [-0.1, -0.05) is 230 Å². The van der Waals surface area contributed by atoms with Gasteiger partial charge >= 0.3 is 5.97 Å². The molecule has 1 N–H and O–H groups in total. The van der Waals surface area contributed by atoms with E-state index in [9.17, 15) is 9.90 Å². The van der Waals surface area contributed by atoms with Gasteiger partial charge in [0.1, 0.15) is 6.10 Å². The van der Waals surface area contributed by atoms with E-state index in [1.165, 1.54) is 186 Å². The highest BCUT2D eigenvalue weighted by Gasteiger charge is 2.13. The molecule has 0 bridgehead atoms. The largest absolute Gasteiger partial charge is 0.457 e. The number of rotatable bonds is 44. The highest BCUT2D eigenvalue weighted by atomic mass is 16.6. The van der Waals surface area contributed by atoms with Crippen molar-refractivity contribution in [3.8, 4) is 0 Å². The van der Waals surface area contributed by atoms with Gasteiger partial charge in [-0.2, -0.15) is 0 Å². The smallest absolute Gasteiger partial charge is 0.306 e. The second-order valence-corrected chi connectivity index (χ2v) is 15.8. The lowest BCUT2D eigenvalue weighted by Gasteiger charge is -2.16. The van der Waals surface area contributed by atoms with Gasteiger partial charge in [0.2, 0.25) is 0 Å². The monoisotopic (exact) mass is 745 g/mol. The van der Waals surface area contributed by atoms with E-state index in [0.29, 0.717) is 19.6 Å². The van der Waals surface area contributed by atoms with Crippen LogP contribution in [-0.4, -0.2) is 37.0 Å². The first kappa shape index (κ1) is 51.6. The van der Waals surface area contributed by atoms with E-state index in [1.807, 2.05) is 0 Å². The second-order valence-electron chi connectivity index (χ2n) is 15.8. The fraction of sp³-hybridized carbons (Fsp3) is 0.857. The molecular formula is C49H92O4. The van der Waals surface area contributed by atoms with Crippen LogP contribution in [0, 0.1) is 0 Å². The van der Waals surface area contributed by atoms with Crippen molar-refractivity contribution in [2.45, 2.75) is 251 Å². The molecule has 0 spiro atoms. The van der Waals surface area contributed by atoms with Crippen LogP contribution in [0.3, 0.4) is 0 Å². The Morgan fingerprint density at radius 1 is 0.472 bits per heavy atom. The molecule has 0 aliphatic carbocycles. The van der Waals surface area contributed by atoms with Crippen LogP contribution >= 0.6 is 0 Å². The van der Waals surface area contributed by atoms with Gasteiger partial charge in [-0.05, 0) is 44.9 Å². The molecule has 0 saturated heterocycles. The first-order valence-corrected chi connectivity index (χ1v) is 23.6. The predicted molar refractivity (Wildman–Crippen MR) is 233 cm³/mol. The van der Waals surface area contributed by atoms with E-state index in [-0.39, 0.29) is 12.6 Å². The van der Waals surface area contributed by atoms with Crippen molar-refractivity contribution < 1.29 is 19.4 Å². The number of esters is 1. The van der Waals surface area contributed by atoms with Gasteiger partial charge in [0.05, 0.1) is 13.2 Å². The number of ether oxygens (including phenoxy) is 2. The minimum atomic E-state index is -0.537. The summed E-state index contributed by atoms with van der Waals surface area (Å²) in [5.74, 6) is -0.207. The number of carbonyl (C=O) groups excluding carboxylic acids is 1.